The lowest BCUT2D eigenvalue weighted by atomic mass is 10.4. The minimum atomic E-state index is -0.735. The molecule has 2 heterocycles. The first kappa shape index (κ1) is 11.8. The van der Waals surface area contributed by atoms with Gasteiger partial charge < -0.3 is 14.6 Å². The van der Waals surface area contributed by atoms with Crippen molar-refractivity contribution in [1.29, 1.82) is 0 Å². The zero-order valence-corrected chi connectivity index (χ0v) is 10.6. The van der Waals surface area contributed by atoms with Crippen LogP contribution >= 0.6 is 27.7 Å². The molecule has 2 N–H and O–H groups in total. The van der Waals surface area contributed by atoms with Crippen LogP contribution < -0.4 is 0 Å². The molecule has 0 bridgehead atoms. The number of hydrogen-bond acceptors (Lipinski definition) is 5. The van der Waals surface area contributed by atoms with Crippen molar-refractivity contribution in [3.05, 3.63) is 23.2 Å². The van der Waals surface area contributed by atoms with Crippen LogP contribution in [-0.4, -0.2) is 43.0 Å². The maximum atomic E-state index is 9.27. The van der Waals surface area contributed by atoms with E-state index in [-0.39, 0.29) is 6.61 Å². The second-order valence-corrected chi connectivity index (χ2v) is 5.00. The highest BCUT2D eigenvalue weighted by molar-refractivity contribution is 9.10. The molecule has 0 spiro atoms. The van der Waals surface area contributed by atoms with Crippen LogP contribution in [0.25, 0.3) is 5.65 Å². The largest absolute Gasteiger partial charge is 0.394 e. The highest BCUT2D eigenvalue weighted by Crippen LogP contribution is 2.23. The zero-order valence-electron chi connectivity index (χ0n) is 8.25. The number of aliphatic hydroxyl groups excluding tert-OH is 2. The minimum Gasteiger partial charge on any atom is -0.394 e. The summed E-state index contributed by atoms with van der Waals surface area (Å²) < 4.78 is 2.56. The highest BCUT2D eigenvalue weighted by Gasteiger charge is 2.09. The van der Waals surface area contributed by atoms with Crippen molar-refractivity contribution < 1.29 is 10.2 Å². The third-order valence-corrected chi connectivity index (χ3v) is 3.42. The number of nitrogens with zero attached hydrogens (tertiary/aromatic N) is 3. The Morgan fingerprint density at radius 2 is 2.38 bits per heavy atom. The molecule has 5 nitrogen and oxygen atoms in total. The molecule has 0 aliphatic rings. The van der Waals surface area contributed by atoms with E-state index < -0.39 is 6.10 Å². The van der Waals surface area contributed by atoms with Crippen molar-refractivity contribution in [3.8, 4) is 0 Å². The Hall–Kier alpha value is -0.630. The number of hydrogen-bond donors (Lipinski definition) is 2. The smallest absolute Gasteiger partial charge is 0.169 e. The summed E-state index contributed by atoms with van der Waals surface area (Å²) in [4.78, 5) is 8.46. The predicted octanol–water partition coefficient (Wildman–Crippen LogP) is 0.937. The molecule has 1 unspecified atom stereocenters. The summed E-state index contributed by atoms with van der Waals surface area (Å²) >= 11 is 4.67. The van der Waals surface area contributed by atoms with Gasteiger partial charge in [0, 0.05) is 24.3 Å². The van der Waals surface area contributed by atoms with Gasteiger partial charge >= 0.3 is 0 Å². The van der Waals surface area contributed by atoms with Gasteiger partial charge in [-0.3, -0.25) is 0 Å². The van der Waals surface area contributed by atoms with Gasteiger partial charge in [0.1, 0.15) is 9.63 Å². The molecule has 0 amide bonds. The first-order valence-electron chi connectivity index (χ1n) is 4.61. The van der Waals surface area contributed by atoms with Crippen LogP contribution in [0.15, 0.2) is 28.2 Å². The Morgan fingerprint density at radius 3 is 3.12 bits per heavy atom. The fraction of sp³-hybridized carbons (Fsp3) is 0.333. The Balaban J connectivity index is 2.25. The highest BCUT2D eigenvalue weighted by atomic mass is 79.9. The molecular weight excluding hydrogens is 294 g/mol. The molecule has 0 saturated heterocycles. The third kappa shape index (κ3) is 2.54. The van der Waals surface area contributed by atoms with E-state index in [1.807, 2.05) is 16.8 Å². The Bertz CT molecular complexity index is 491. The van der Waals surface area contributed by atoms with E-state index in [4.69, 9.17) is 5.11 Å². The number of fused-ring (bicyclic) bond motifs is 1. The van der Waals surface area contributed by atoms with Crippen molar-refractivity contribution in [3.63, 3.8) is 0 Å². The van der Waals surface area contributed by atoms with Gasteiger partial charge in [0.2, 0.25) is 0 Å². The van der Waals surface area contributed by atoms with Gasteiger partial charge in [0.05, 0.1) is 12.7 Å². The summed E-state index contributed by atoms with van der Waals surface area (Å²) in [6.07, 6.45) is 4.60. The maximum absolute atomic E-state index is 9.27. The normalized spacial score (nSPS) is 13.2. The SMILES string of the molecule is OCC(O)CSc1nc(Br)cn2ccnc12. The molecule has 0 radical (unpaired) electrons. The number of aliphatic hydroxyl groups is 2. The molecule has 2 rings (SSSR count). The molecule has 7 heteroatoms. The van der Waals surface area contributed by atoms with Crippen LogP contribution in [0.1, 0.15) is 0 Å². The van der Waals surface area contributed by atoms with E-state index in [0.717, 1.165) is 10.7 Å². The Labute approximate surface area is 105 Å². The standard InChI is InChI=1S/C9H10BrN3O2S/c10-7-3-13-2-1-11-8(13)9(12-7)16-5-6(15)4-14/h1-3,6,14-15H,4-5H2. The van der Waals surface area contributed by atoms with E-state index in [9.17, 15) is 5.11 Å². The van der Waals surface area contributed by atoms with Crippen molar-refractivity contribution in [1.82, 2.24) is 14.4 Å². The topological polar surface area (TPSA) is 70.7 Å². The van der Waals surface area contributed by atoms with Crippen molar-refractivity contribution in [2.24, 2.45) is 0 Å². The summed E-state index contributed by atoms with van der Waals surface area (Å²) in [6, 6.07) is 0. The first-order chi connectivity index (χ1) is 7.70. The van der Waals surface area contributed by atoms with Crippen LogP contribution in [0, 0.1) is 0 Å². The average Bonchev–Trinajstić information content (AvgIpc) is 2.73. The van der Waals surface area contributed by atoms with E-state index in [2.05, 4.69) is 25.9 Å². The number of thioether (sulfide) groups is 1. The van der Waals surface area contributed by atoms with Crippen LogP contribution in [0.2, 0.25) is 0 Å². The molecule has 0 aromatic carbocycles. The van der Waals surface area contributed by atoms with Gasteiger partial charge in [-0.15, -0.1) is 0 Å². The van der Waals surface area contributed by atoms with Crippen molar-refractivity contribution in [2.45, 2.75) is 11.1 Å². The number of imidazole rings is 1. The lowest BCUT2D eigenvalue weighted by Crippen LogP contribution is -2.14. The predicted molar refractivity (Wildman–Crippen MR) is 64.5 cm³/mol. The molecule has 2 aromatic heterocycles. The monoisotopic (exact) mass is 303 g/mol. The van der Waals surface area contributed by atoms with Crippen molar-refractivity contribution in [2.75, 3.05) is 12.4 Å². The number of halogens is 1. The van der Waals surface area contributed by atoms with E-state index in [1.54, 1.807) is 6.20 Å². The summed E-state index contributed by atoms with van der Waals surface area (Å²) in [5, 5.41) is 18.7. The molecule has 1 atom stereocenters. The second kappa shape index (κ2) is 5.13. The lowest BCUT2D eigenvalue weighted by Gasteiger charge is -2.07. The molecule has 16 heavy (non-hydrogen) atoms. The van der Waals surface area contributed by atoms with Gasteiger partial charge in [-0.1, -0.05) is 11.8 Å². The molecule has 0 saturated carbocycles. The zero-order chi connectivity index (χ0) is 11.5. The van der Waals surface area contributed by atoms with E-state index >= 15 is 0 Å². The molecule has 0 aliphatic carbocycles. The Morgan fingerprint density at radius 1 is 1.56 bits per heavy atom. The van der Waals surface area contributed by atoms with Crippen LogP contribution in [0.5, 0.6) is 0 Å². The quantitative estimate of drug-likeness (QED) is 0.823. The molecular formula is C9H10BrN3O2S. The van der Waals surface area contributed by atoms with Gasteiger partial charge in [-0.05, 0) is 15.9 Å². The molecule has 0 fully saturated rings. The van der Waals surface area contributed by atoms with E-state index in [1.165, 1.54) is 11.8 Å². The molecule has 0 aliphatic heterocycles. The van der Waals surface area contributed by atoms with Gasteiger partial charge in [0.15, 0.2) is 5.65 Å². The van der Waals surface area contributed by atoms with Gasteiger partial charge in [0.25, 0.3) is 0 Å². The average molecular weight is 304 g/mol. The summed E-state index contributed by atoms with van der Waals surface area (Å²) in [5.74, 6) is 0.391. The van der Waals surface area contributed by atoms with Gasteiger partial charge in [-0.2, -0.15) is 0 Å². The summed E-state index contributed by atoms with van der Waals surface area (Å²) in [5.41, 5.74) is 0.748. The Kier molecular flexibility index (Phi) is 3.80. The first-order valence-corrected chi connectivity index (χ1v) is 6.39. The number of aromatic nitrogens is 3. The van der Waals surface area contributed by atoms with Crippen LogP contribution in [0.3, 0.4) is 0 Å². The third-order valence-electron chi connectivity index (χ3n) is 1.94. The van der Waals surface area contributed by atoms with Crippen LogP contribution in [-0.2, 0) is 0 Å². The summed E-state index contributed by atoms with van der Waals surface area (Å²) in [7, 11) is 0. The molecule has 86 valence electrons. The lowest BCUT2D eigenvalue weighted by molar-refractivity contribution is 0.113. The van der Waals surface area contributed by atoms with Gasteiger partial charge in [-0.25, -0.2) is 9.97 Å². The second-order valence-electron chi connectivity index (χ2n) is 3.17. The van der Waals surface area contributed by atoms with E-state index in [0.29, 0.717) is 10.4 Å². The number of rotatable bonds is 4. The summed E-state index contributed by atoms with van der Waals surface area (Å²) in [6.45, 7) is -0.244. The fourth-order valence-corrected chi connectivity index (χ4v) is 2.62. The van der Waals surface area contributed by atoms with Crippen LogP contribution in [0.4, 0.5) is 0 Å². The maximum Gasteiger partial charge on any atom is 0.169 e. The molecule has 2 aromatic rings. The fourth-order valence-electron chi connectivity index (χ4n) is 1.20. The minimum absolute atomic E-state index is 0.244. The van der Waals surface area contributed by atoms with Crippen molar-refractivity contribution >= 4 is 33.3 Å².